The summed E-state index contributed by atoms with van der Waals surface area (Å²) in [4.78, 5) is 24.8. The number of rotatable bonds is 3. The lowest BCUT2D eigenvalue weighted by molar-refractivity contribution is -0.385. The molecule has 1 aliphatic rings. The van der Waals surface area contributed by atoms with Gasteiger partial charge in [-0.3, -0.25) is 14.9 Å². The molecule has 0 saturated carbocycles. The summed E-state index contributed by atoms with van der Waals surface area (Å²) in [5.41, 5.74) is -0.302. The largest absolute Gasteiger partial charge is 0.508 e. The molecule has 2 atom stereocenters. The van der Waals surface area contributed by atoms with Crippen LogP contribution in [0.4, 0.5) is 5.69 Å². The first-order valence-electron chi connectivity index (χ1n) is 6.75. The minimum atomic E-state index is -0.589. The van der Waals surface area contributed by atoms with Crippen LogP contribution in [-0.4, -0.2) is 32.9 Å². The van der Waals surface area contributed by atoms with Gasteiger partial charge in [0.2, 0.25) is 0 Å². The first-order valence-corrected chi connectivity index (χ1v) is 6.75. The van der Waals surface area contributed by atoms with Crippen molar-refractivity contribution in [3.05, 3.63) is 33.9 Å². The van der Waals surface area contributed by atoms with Gasteiger partial charge < -0.3 is 10.0 Å². The van der Waals surface area contributed by atoms with E-state index in [1.807, 2.05) is 13.8 Å². The van der Waals surface area contributed by atoms with Gasteiger partial charge in [0.05, 0.1) is 4.92 Å². The minimum absolute atomic E-state index is 0.0396. The molecule has 108 valence electrons. The molecule has 20 heavy (non-hydrogen) atoms. The van der Waals surface area contributed by atoms with Gasteiger partial charge in [0.25, 0.3) is 11.6 Å². The number of nitro benzene ring substituents is 1. The number of hydrogen-bond acceptors (Lipinski definition) is 4. The summed E-state index contributed by atoms with van der Waals surface area (Å²) in [6, 6.07) is 3.75. The summed E-state index contributed by atoms with van der Waals surface area (Å²) in [5, 5.41) is 20.5. The SMILES string of the molecule is CCC1CCC(C)N1C(=O)c1cc(O)ccc1[N+](=O)[O-]. The van der Waals surface area contributed by atoms with Crippen molar-refractivity contribution in [3.8, 4) is 5.75 Å². The van der Waals surface area contributed by atoms with E-state index in [2.05, 4.69) is 0 Å². The van der Waals surface area contributed by atoms with Gasteiger partial charge in [-0.05, 0) is 38.3 Å². The standard InChI is InChI=1S/C14H18N2O4/c1-3-10-5-4-9(2)15(10)14(18)12-8-11(17)6-7-13(12)16(19)20/h6-10,17H,3-5H2,1-2H3. The maximum atomic E-state index is 12.6. The van der Waals surface area contributed by atoms with E-state index in [0.29, 0.717) is 0 Å². The molecule has 1 heterocycles. The molecule has 2 unspecified atom stereocenters. The summed E-state index contributed by atoms with van der Waals surface area (Å²) < 4.78 is 0. The van der Waals surface area contributed by atoms with Crippen LogP contribution in [-0.2, 0) is 0 Å². The molecule has 1 amide bonds. The number of hydrogen-bond donors (Lipinski definition) is 1. The number of amides is 1. The Bertz CT molecular complexity index is 544. The second-order valence-electron chi connectivity index (χ2n) is 5.16. The number of benzene rings is 1. The number of nitrogens with zero attached hydrogens (tertiary/aromatic N) is 2. The molecule has 0 spiro atoms. The van der Waals surface area contributed by atoms with Crippen molar-refractivity contribution in [3.63, 3.8) is 0 Å². The third-order valence-corrected chi connectivity index (χ3v) is 3.90. The fraction of sp³-hybridized carbons (Fsp3) is 0.500. The summed E-state index contributed by atoms with van der Waals surface area (Å²) >= 11 is 0. The van der Waals surface area contributed by atoms with E-state index in [4.69, 9.17) is 0 Å². The molecule has 1 aromatic rings. The number of phenolic OH excluding ortho intramolecular Hbond substituents is 1. The first-order chi connectivity index (χ1) is 9.45. The van der Waals surface area contributed by atoms with Crippen LogP contribution in [0.2, 0.25) is 0 Å². The lowest BCUT2D eigenvalue weighted by Crippen LogP contribution is -2.39. The van der Waals surface area contributed by atoms with Crippen LogP contribution in [0.1, 0.15) is 43.5 Å². The van der Waals surface area contributed by atoms with Crippen molar-refractivity contribution in [1.82, 2.24) is 4.90 Å². The number of likely N-dealkylation sites (tertiary alicyclic amines) is 1. The Balaban J connectivity index is 2.42. The van der Waals surface area contributed by atoms with E-state index in [-0.39, 0.29) is 35.0 Å². The maximum absolute atomic E-state index is 12.6. The lowest BCUT2D eigenvalue weighted by Gasteiger charge is -2.28. The van der Waals surface area contributed by atoms with E-state index in [1.54, 1.807) is 4.90 Å². The highest BCUT2D eigenvalue weighted by Crippen LogP contribution is 2.31. The van der Waals surface area contributed by atoms with E-state index < -0.39 is 4.92 Å². The zero-order chi connectivity index (χ0) is 14.9. The molecular formula is C14H18N2O4. The molecule has 0 radical (unpaired) electrons. The fourth-order valence-corrected chi connectivity index (χ4v) is 2.83. The van der Waals surface area contributed by atoms with E-state index in [9.17, 15) is 20.0 Å². The first kappa shape index (κ1) is 14.3. The highest BCUT2D eigenvalue weighted by molar-refractivity contribution is 5.99. The molecule has 1 saturated heterocycles. The molecule has 6 heteroatoms. The van der Waals surface area contributed by atoms with Crippen LogP contribution < -0.4 is 0 Å². The van der Waals surface area contributed by atoms with Gasteiger partial charge in [0, 0.05) is 18.2 Å². The van der Waals surface area contributed by atoms with Crippen LogP contribution in [0.5, 0.6) is 5.75 Å². The highest BCUT2D eigenvalue weighted by atomic mass is 16.6. The van der Waals surface area contributed by atoms with Crippen LogP contribution in [0.3, 0.4) is 0 Å². The van der Waals surface area contributed by atoms with Crippen LogP contribution >= 0.6 is 0 Å². The molecule has 0 bridgehead atoms. The monoisotopic (exact) mass is 278 g/mol. The van der Waals surface area contributed by atoms with Crippen molar-refractivity contribution < 1.29 is 14.8 Å². The molecule has 0 aliphatic carbocycles. The van der Waals surface area contributed by atoms with Gasteiger partial charge >= 0.3 is 0 Å². The molecule has 0 aromatic heterocycles. The molecule has 1 fully saturated rings. The van der Waals surface area contributed by atoms with Crippen molar-refractivity contribution in [2.45, 2.75) is 45.2 Å². The van der Waals surface area contributed by atoms with Gasteiger partial charge in [-0.25, -0.2) is 0 Å². The molecule has 1 aromatic carbocycles. The predicted octanol–water partition coefficient (Wildman–Crippen LogP) is 2.70. The normalized spacial score (nSPS) is 22.0. The summed E-state index contributed by atoms with van der Waals surface area (Å²) in [6.45, 7) is 3.95. The fourth-order valence-electron chi connectivity index (χ4n) is 2.83. The number of carbonyl (C=O) groups is 1. The molecular weight excluding hydrogens is 260 g/mol. The van der Waals surface area contributed by atoms with Gasteiger partial charge in [-0.2, -0.15) is 0 Å². The molecule has 1 N–H and O–H groups in total. The minimum Gasteiger partial charge on any atom is -0.508 e. The Morgan fingerprint density at radius 2 is 2.20 bits per heavy atom. The second kappa shape index (κ2) is 5.48. The number of phenols is 1. The van der Waals surface area contributed by atoms with E-state index >= 15 is 0 Å². The number of aromatic hydroxyl groups is 1. The van der Waals surface area contributed by atoms with Crippen molar-refractivity contribution in [2.24, 2.45) is 0 Å². The van der Waals surface area contributed by atoms with Crippen molar-refractivity contribution in [1.29, 1.82) is 0 Å². The van der Waals surface area contributed by atoms with Gasteiger partial charge in [0.1, 0.15) is 11.3 Å². The smallest absolute Gasteiger partial charge is 0.282 e. The zero-order valence-electron chi connectivity index (χ0n) is 11.6. The van der Waals surface area contributed by atoms with Gasteiger partial charge in [0.15, 0.2) is 0 Å². The Labute approximate surface area is 117 Å². The average Bonchev–Trinajstić information content (AvgIpc) is 2.78. The zero-order valence-corrected chi connectivity index (χ0v) is 11.6. The maximum Gasteiger partial charge on any atom is 0.282 e. The quantitative estimate of drug-likeness (QED) is 0.680. The van der Waals surface area contributed by atoms with Crippen LogP contribution in [0.15, 0.2) is 18.2 Å². The lowest BCUT2D eigenvalue weighted by atomic mass is 10.1. The Morgan fingerprint density at radius 1 is 1.50 bits per heavy atom. The van der Waals surface area contributed by atoms with Crippen LogP contribution in [0.25, 0.3) is 0 Å². The number of nitro groups is 1. The summed E-state index contributed by atoms with van der Waals surface area (Å²) in [6.07, 6.45) is 2.63. The summed E-state index contributed by atoms with van der Waals surface area (Å²) in [5.74, 6) is -0.511. The molecule has 1 aliphatic heterocycles. The molecule has 2 rings (SSSR count). The third-order valence-electron chi connectivity index (χ3n) is 3.90. The van der Waals surface area contributed by atoms with Gasteiger partial charge in [-0.15, -0.1) is 0 Å². The Morgan fingerprint density at radius 3 is 2.80 bits per heavy atom. The average molecular weight is 278 g/mol. The number of carbonyl (C=O) groups excluding carboxylic acids is 1. The van der Waals surface area contributed by atoms with Crippen molar-refractivity contribution >= 4 is 11.6 Å². The molecule has 6 nitrogen and oxygen atoms in total. The summed E-state index contributed by atoms with van der Waals surface area (Å²) in [7, 11) is 0. The predicted molar refractivity (Wildman–Crippen MR) is 73.7 cm³/mol. The van der Waals surface area contributed by atoms with E-state index in [0.717, 1.165) is 19.3 Å². The van der Waals surface area contributed by atoms with Gasteiger partial charge in [-0.1, -0.05) is 6.92 Å². The van der Waals surface area contributed by atoms with Crippen molar-refractivity contribution in [2.75, 3.05) is 0 Å². The Kier molecular flexibility index (Phi) is 3.92. The third kappa shape index (κ3) is 2.45. The van der Waals surface area contributed by atoms with Crippen LogP contribution in [0, 0.1) is 10.1 Å². The Hall–Kier alpha value is -2.11. The highest BCUT2D eigenvalue weighted by Gasteiger charge is 2.36. The van der Waals surface area contributed by atoms with E-state index in [1.165, 1.54) is 18.2 Å². The second-order valence-corrected chi connectivity index (χ2v) is 5.16. The topological polar surface area (TPSA) is 83.7 Å².